The van der Waals surface area contributed by atoms with Gasteiger partial charge in [0.2, 0.25) is 18.1 Å². The van der Waals surface area contributed by atoms with Crippen molar-refractivity contribution in [2.75, 3.05) is 0 Å². The molecule has 0 fully saturated rings. The van der Waals surface area contributed by atoms with Crippen LogP contribution >= 0.6 is 0 Å². The molecule has 0 N–H and O–H groups in total. The van der Waals surface area contributed by atoms with Crippen LogP contribution in [0.15, 0.2) is 0 Å². The molecule has 0 bridgehead atoms. The van der Waals surface area contributed by atoms with Gasteiger partial charge in [-0.15, -0.1) is 0 Å². The summed E-state index contributed by atoms with van der Waals surface area (Å²) in [5.74, 6) is 0. The van der Waals surface area contributed by atoms with Crippen LogP contribution in [0.2, 0.25) is 12.1 Å². The first-order valence-corrected chi connectivity index (χ1v) is 21.7. The van der Waals surface area contributed by atoms with Gasteiger partial charge < -0.3 is 36.3 Å². The van der Waals surface area contributed by atoms with Crippen molar-refractivity contribution < 1.29 is 55.7 Å². The minimum absolute atomic E-state index is 0. The first kappa shape index (κ1) is 42.2. The Labute approximate surface area is 253 Å². The molecule has 0 aliphatic heterocycles. The molecule has 0 heterocycles. The van der Waals surface area contributed by atoms with Gasteiger partial charge in [0, 0.05) is 0 Å². The second-order valence-electron chi connectivity index (χ2n) is 9.29. The minimum atomic E-state index is -2.13. The molecular weight excluding hydrogens is 626 g/mol. The minimum Gasteiger partial charge on any atom is -0.553 e. The van der Waals surface area contributed by atoms with Crippen LogP contribution in [-0.2, 0) is 35.9 Å². The molecule has 8 nitrogen and oxygen atoms in total. The molecular formula is C22H54O8Si6Zn. The number of carboxylic acid groups (broad SMARTS) is 2. The SMILES string of the molecule is CCCCCCCCCC[SiH](O[SiH2]O[SiH3])C(=O)[O-].CCCCCCCCCC[SiH](O[SiH2]O[SiH3])C(=O)[O-].[Zn+2]. The maximum Gasteiger partial charge on any atom is 2.00 e. The van der Waals surface area contributed by atoms with E-state index in [2.05, 4.69) is 13.8 Å². The van der Waals surface area contributed by atoms with Gasteiger partial charge in [-0.05, 0) is 12.1 Å². The number of rotatable bonds is 26. The van der Waals surface area contributed by atoms with E-state index >= 15 is 0 Å². The fourth-order valence-electron chi connectivity index (χ4n) is 3.77. The molecule has 15 heteroatoms. The summed E-state index contributed by atoms with van der Waals surface area (Å²) in [5, 5.41) is 21.7. The van der Waals surface area contributed by atoms with Crippen LogP contribution in [-0.4, -0.2) is 70.3 Å². The fourth-order valence-corrected chi connectivity index (χ4v) is 12.8. The van der Waals surface area contributed by atoms with E-state index in [0.29, 0.717) is 33.1 Å². The van der Waals surface area contributed by atoms with Crippen molar-refractivity contribution in [1.82, 2.24) is 0 Å². The van der Waals surface area contributed by atoms with E-state index in [0.717, 1.165) is 25.7 Å². The number of carbonyl (C=O) groups is 2. The van der Waals surface area contributed by atoms with Gasteiger partial charge in [-0.1, -0.05) is 117 Å². The monoisotopic (exact) mass is 678 g/mol. The summed E-state index contributed by atoms with van der Waals surface area (Å²) in [6, 6.07) is 1.41. The first-order valence-electron chi connectivity index (χ1n) is 14.1. The zero-order valence-electron chi connectivity index (χ0n) is 24.3. The standard InChI is InChI=1S/2C11H28O4Si3.Zn/c2*1-2-3-4-5-6-7-8-9-10-18(11(12)13)15-17-14-16;/h2*18H,2-10,17H2,1,16H3,(H,12,13);/q;;+2/p-2. The van der Waals surface area contributed by atoms with Gasteiger partial charge in [-0.25, -0.2) is 0 Å². The van der Waals surface area contributed by atoms with Crippen LogP contribution in [0, 0.1) is 0 Å². The Kier molecular flexibility index (Phi) is 39.6. The van der Waals surface area contributed by atoms with Crippen LogP contribution in [0.3, 0.4) is 0 Å². The van der Waals surface area contributed by atoms with Crippen LogP contribution in [0.1, 0.15) is 117 Å². The van der Waals surface area contributed by atoms with Crippen LogP contribution in [0.25, 0.3) is 0 Å². The van der Waals surface area contributed by atoms with Gasteiger partial charge >= 0.3 is 19.5 Å². The molecule has 0 amide bonds. The molecule has 0 aromatic carbocycles. The predicted molar refractivity (Wildman–Crippen MR) is 161 cm³/mol. The summed E-state index contributed by atoms with van der Waals surface area (Å²) >= 11 is 0. The predicted octanol–water partition coefficient (Wildman–Crippen LogP) is 0.174. The van der Waals surface area contributed by atoms with E-state index in [4.69, 9.17) is 16.5 Å². The number of carbonyl (C=O) groups excluding carboxylic acids is 2. The summed E-state index contributed by atoms with van der Waals surface area (Å²) in [4.78, 5) is 21.7. The summed E-state index contributed by atoms with van der Waals surface area (Å²) < 4.78 is 20.7. The largest absolute Gasteiger partial charge is 2.00 e. The molecule has 37 heavy (non-hydrogen) atoms. The van der Waals surface area contributed by atoms with Gasteiger partial charge in [0.25, 0.3) is 20.0 Å². The normalized spacial score (nSPS) is 13.0. The molecule has 2 atom stereocenters. The molecule has 0 aromatic rings. The van der Waals surface area contributed by atoms with Crippen molar-refractivity contribution in [2.45, 2.75) is 129 Å². The molecule has 0 aromatic heterocycles. The summed E-state index contributed by atoms with van der Waals surface area (Å²) in [6.45, 7) is 4.44. The van der Waals surface area contributed by atoms with E-state index in [1.54, 1.807) is 0 Å². The second-order valence-corrected chi connectivity index (χ2v) is 21.1. The van der Waals surface area contributed by atoms with Gasteiger partial charge in [0.1, 0.15) is 21.0 Å². The molecule has 0 rings (SSSR count). The number of hydrogen-bond donors (Lipinski definition) is 0. The Balaban J connectivity index is -0.000000608. The van der Waals surface area contributed by atoms with Crippen molar-refractivity contribution in [2.24, 2.45) is 0 Å². The smallest absolute Gasteiger partial charge is 0.553 e. The van der Waals surface area contributed by atoms with E-state index in [9.17, 15) is 19.8 Å². The Bertz CT molecular complexity index is 458. The van der Waals surface area contributed by atoms with Crippen molar-refractivity contribution in [3.05, 3.63) is 0 Å². The van der Waals surface area contributed by atoms with Gasteiger partial charge in [-0.3, -0.25) is 0 Å². The topological polar surface area (TPSA) is 117 Å². The Morgan fingerprint density at radius 3 is 1.11 bits per heavy atom. The first-order chi connectivity index (χ1) is 17.4. The van der Waals surface area contributed by atoms with Crippen LogP contribution < -0.4 is 10.2 Å². The maximum atomic E-state index is 10.8. The molecule has 216 valence electrons. The average Bonchev–Trinajstić information content (AvgIpc) is 2.86. The molecule has 0 aliphatic carbocycles. The third-order valence-electron chi connectivity index (χ3n) is 5.94. The molecule has 0 spiro atoms. The van der Waals surface area contributed by atoms with E-state index < -0.39 is 49.3 Å². The van der Waals surface area contributed by atoms with Crippen molar-refractivity contribution in [3.8, 4) is 0 Å². The summed E-state index contributed by atoms with van der Waals surface area (Å²) in [6.07, 6.45) is 19.7. The average molecular weight is 681 g/mol. The maximum absolute atomic E-state index is 10.8. The summed E-state index contributed by atoms with van der Waals surface area (Å²) in [7, 11) is -5.01. The number of hydrogen-bond acceptors (Lipinski definition) is 8. The van der Waals surface area contributed by atoms with Crippen LogP contribution in [0.4, 0.5) is 9.59 Å². The van der Waals surface area contributed by atoms with Crippen molar-refractivity contribution in [3.63, 3.8) is 0 Å². The molecule has 0 saturated heterocycles. The van der Waals surface area contributed by atoms with Crippen molar-refractivity contribution in [1.29, 1.82) is 0 Å². The Morgan fingerprint density at radius 1 is 0.595 bits per heavy atom. The summed E-state index contributed by atoms with van der Waals surface area (Å²) in [5.41, 5.74) is -1.91. The molecule has 2 unspecified atom stereocenters. The third-order valence-corrected chi connectivity index (χ3v) is 15.0. The number of unbranched alkanes of at least 4 members (excludes halogenated alkanes) is 14. The third kappa shape index (κ3) is 32.8. The molecule has 0 saturated carbocycles. The Hall–Kier alpha value is 0.705. The van der Waals surface area contributed by atoms with Gasteiger partial charge in [-0.2, -0.15) is 0 Å². The second kappa shape index (κ2) is 34.7. The van der Waals surface area contributed by atoms with Crippen LogP contribution in [0.5, 0.6) is 0 Å². The van der Waals surface area contributed by atoms with E-state index in [-0.39, 0.29) is 19.5 Å². The van der Waals surface area contributed by atoms with E-state index in [1.165, 1.54) is 77.0 Å². The fraction of sp³-hybridized carbons (Fsp3) is 0.909. The zero-order chi connectivity index (χ0) is 27.3. The Morgan fingerprint density at radius 2 is 0.865 bits per heavy atom. The van der Waals surface area contributed by atoms with Gasteiger partial charge in [0.15, 0.2) is 0 Å². The molecule has 0 aliphatic rings. The molecule has 0 radical (unpaired) electrons. The quantitative estimate of drug-likeness (QED) is 0.0939. The van der Waals surface area contributed by atoms with Gasteiger partial charge in [0.05, 0.1) is 11.2 Å². The zero-order valence-corrected chi connectivity index (χ0v) is 36.4. The van der Waals surface area contributed by atoms with Crippen molar-refractivity contribution >= 4 is 70.3 Å². The van der Waals surface area contributed by atoms with E-state index in [1.807, 2.05) is 0 Å².